The molecule has 2 heterocycles. The summed E-state index contributed by atoms with van der Waals surface area (Å²) in [5.41, 5.74) is 2.56. The van der Waals surface area contributed by atoms with Crippen LogP contribution in [-0.2, 0) is 13.1 Å². The van der Waals surface area contributed by atoms with Gasteiger partial charge < -0.3 is 15.4 Å². The van der Waals surface area contributed by atoms with Crippen LogP contribution in [0.2, 0.25) is 0 Å². The van der Waals surface area contributed by atoms with Crippen molar-refractivity contribution in [3.8, 4) is 11.6 Å². The highest BCUT2D eigenvalue weighted by Crippen LogP contribution is 2.22. The molecule has 0 aliphatic rings. The number of ether oxygens (including phenoxy) is 1. The van der Waals surface area contributed by atoms with Gasteiger partial charge in [0.15, 0.2) is 5.96 Å². The number of guanidine groups is 1. The van der Waals surface area contributed by atoms with E-state index < -0.39 is 6.61 Å². The average Bonchev–Trinajstić information content (AvgIpc) is 3.27. The number of pyridine rings is 1. The molecule has 0 amide bonds. The summed E-state index contributed by atoms with van der Waals surface area (Å²) >= 11 is 0. The van der Waals surface area contributed by atoms with E-state index in [4.69, 9.17) is 0 Å². The van der Waals surface area contributed by atoms with Crippen LogP contribution in [0.3, 0.4) is 0 Å². The molecular weight excluding hydrogens is 390 g/mol. The molecule has 0 radical (unpaired) electrons. The van der Waals surface area contributed by atoms with Gasteiger partial charge in [-0.2, -0.15) is 8.78 Å². The molecule has 9 heteroatoms. The molecule has 0 fully saturated rings. The third-order valence-corrected chi connectivity index (χ3v) is 4.22. The number of nitrogens with zero attached hydrogens (tertiary/aromatic N) is 4. The summed E-state index contributed by atoms with van der Waals surface area (Å²) in [6.45, 7) is 2.37. The molecule has 0 aliphatic carbocycles. The number of imidazole rings is 1. The average molecular weight is 414 g/mol. The van der Waals surface area contributed by atoms with E-state index in [2.05, 4.69) is 30.3 Å². The molecule has 2 aromatic heterocycles. The number of alkyl halides is 2. The lowest BCUT2D eigenvalue weighted by Gasteiger charge is -2.15. The SMILES string of the molecule is CCNC(=NCc1ccnc(-n2ccnc2)c1)NCc1cc(C)ccc1OC(F)F. The van der Waals surface area contributed by atoms with Crippen molar-refractivity contribution in [2.45, 2.75) is 33.5 Å². The Hall–Kier alpha value is -3.49. The first-order chi connectivity index (χ1) is 14.5. The third-order valence-electron chi connectivity index (χ3n) is 4.22. The van der Waals surface area contributed by atoms with Crippen LogP contribution >= 0.6 is 0 Å². The Bertz CT molecular complexity index is 975. The molecule has 0 saturated carbocycles. The standard InChI is InChI=1S/C21H24F2N6O/c1-3-25-21(28-13-17-10-15(2)4-5-18(17)30-20(22)23)27-12-16-6-7-26-19(11-16)29-9-8-24-14-29/h4-11,14,20H,3,12-13H2,1-2H3,(H2,25,27,28). The summed E-state index contributed by atoms with van der Waals surface area (Å²) in [6, 6.07) is 8.93. The Kier molecular flexibility index (Phi) is 7.31. The molecule has 2 N–H and O–H groups in total. The molecule has 7 nitrogen and oxygen atoms in total. The van der Waals surface area contributed by atoms with Gasteiger partial charge in [-0.25, -0.2) is 15.0 Å². The predicted molar refractivity (Wildman–Crippen MR) is 111 cm³/mol. The van der Waals surface area contributed by atoms with E-state index in [0.717, 1.165) is 16.9 Å². The Morgan fingerprint density at radius 1 is 1.20 bits per heavy atom. The van der Waals surface area contributed by atoms with Crippen molar-refractivity contribution in [2.24, 2.45) is 4.99 Å². The maximum absolute atomic E-state index is 12.7. The fourth-order valence-electron chi connectivity index (χ4n) is 2.84. The van der Waals surface area contributed by atoms with Gasteiger partial charge in [-0.1, -0.05) is 17.7 Å². The van der Waals surface area contributed by atoms with Crippen LogP contribution in [0, 0.1) is 6.92 Å². The van der Waals surface area contributed by atoms with E-state index in [1.807, 2.05) is 42.8 Å². The largest absolute Gasteiger partial charge is 0.434 e. The summed E-state index contributed by atoms with van der Waals surface area (Å²) in [6.07, 6.45) is 6.92. The van der Waals surface area contributed by atoms with Crippen LogP contribution in [-0.4, -0.2) is 33.7 Å². The van der Waals surface area contributed by atoms with Gasteiger partial charge >= 0.3 is 6.61 Å². The van der Waals surface area contributed by atoms with Gasteiger partial charge in [-0.15, -0.1) is 0 Å². The first kappa shape index (κ1) is 21.2. The molecular formula is C21H24F2N6O. The predicted octanol–water partition coefficient (Wildman–Crippen LogP) is 3.43. The second-order valence-electron chi connectivity index (χ2n) is 6.53. The molecule has 0 aliphatic heterocycles. The van der Waals surface area contributed by atoms with Crippen molar-refractivity contribution < 1.29 is 13.5 Å². The van der Waals surface area contributed by atoms with Crippen molar-refractivity contribution in [3.63, 3.8) is 0 Å². The summed E-state index contributed by atoms with van der Waals surface area (Å²) in [5.74, 6) is 1.48. The van der Waals surface area contributed by atoms with Crippen LogP contribution in [0.15, 0.2) is 60.2 Å². The zero-order valence-corrected chi connectivity index (χ0v) is 16.8. The van der Waals surface area contributed by atoms with E-state index >= 15 is 0 Å². The van der Waals surface area contributed by atoms with Crippen molar-refractivity contribution >= 4 is 5.96 Å². The van der Waals surface area contributed by atoms with Crippen molar-refractivity contribution in [2.75, 3.05) is 6.54 Å². The molecule has 0 unspecified atom stereocenters. The molecule has 0 atom stereocenters. The van der Waals surface area contributed by atoms with E-state index in [1.165, 1.54) is 0 Å². The maximum atomic E-state index is 12.7. The highest BCUT2D eigenvalue weighted by atomic mass is 19.3. The van der Waals surface area contributed by atoms with Crippen LogP contribution in [0.4, 0.5) is 8.78 Å². The first-order valence-corrected chi connectivity index (χ1v) is 9.55. The molecule has 158 valence electrons. The monoisotopic (exact) mass is 414 g/mol. The van der Waals surface area contributed by atoms with Gasteiger partial charge in [0.05, 0.1) is 6.54 Å². The lowest BCUT2D eigenvalue weighted by molar-refractivity contribution is -0.0504. The molecule has 0 bridgehead atoms. The van der Waals surface area contributed by atoms with Crippen molar-refractivity contribution in [1.29, 1.82) is 0 Å². The number of hydrogen-bond donors (Lipinski definition) is 2. The minimum absolute atomic E-state index is 0.151. The lowest BCUT2D eigenvalue weighted by Crippen LogP contribution is -2.36. The van der Waals surface area contributed by atoms with Crippen LogP contribution in [0.5, 0.6) is 5.75 Å². The maximum Gasteiger partial charge on any atom is 0.387 e. The summed E-state index contributed by atoms with van der Waals surface area (Å²) in [5, 5.41) is 6.33. The van der Waals surface area contributed by atoms with Crippen molar-refractivity contribution in [3.05, 3.63) is 71.9 Å². The number of nitrogens with one attached hydrogen (secondary N) is 2. The number of benzene rings is 1. The van der Waals surface area contributed by atoms with Crippen LogP contribution < -0.4 is 15.4 Å². The molecule has 3 rings (SSSR count). The summed E-state index contributed by atoms with van der Waals surface area (Å²) in [7, 11) is 0. The third kappa shape index (κ3) is 6.00. The van der Waals surface area contributed by atoms with Gasteiger partial charge in [0.1, 0.15) is 17.9 Å². The molecule has 3 aromatic rings. The Morgan fingerprint density at radius 2 is 2.07 bits per heavy atom. The van der Waals surface area contributed by atoms with Gasteiger partial charge in [0.2, 0.25) is 0 Å². The highest BCUT2D eigenvalue weighted by molar-refractivity contribution is 5.79. The Balaban J connectivity index is 1.70. The Labute approximate surface area is 173 Å². The Morgan fingerprint density at radius 3 is 2.80 bits per heavy atom. The first-order valence-electron chi connectivity index (χ1n) is 9.55. The number of aromatic nitrogens is 3. The van der Waals surface area contributed by atoms with E-state index in [0.29, 0.717) is 31.2 Å². The van der Waals surface area contributed by atoms with Crippen LogP contribution in [0.1, 0.15) is 23.6 Å². The summed E-state index contributed by atoms with van der Waals surface area (Å²) < 4.78 is 31.8. The number of aliphatic imine (C=N–C) groups is 1. The normalized spacial score (nSPS) is 11.6. The zero-order valence-electron chi connectivity index (χ0n) is 16.8. The van der Waals surface area contributed by atoms with Crippen LogP contribution in [0.25, 0.3) is 5.82 Å². The molecule has 0 saturated heterocycles. The fourth-order valence-corrected chi connectivity index (χ4v) is 2.84. The van der Waals surface area contributed by atoms with E-state index in [1.54, 1.807) is 30.9 Å². The van der Waals surface area contributed by atoms with Gasteiger partial charge in [0, 0.05) is 37.2 Å². The quantitative estimate of drug-likeness (QED) is 0.436. The minimum atomic E-state index is -2.87. The lowest BCUT2D eigenvalue weighted by atomic mass is 10.1. The second kappa shape index (κ2) is 10.3. The molecule has 30 heavy (non-hydrogen) atoms. The summed E-state index contributed by atoms with van der Waals surface area (Å²) in [4.78, 5) is 12.9. The van der Waals surface area contributed by atoms with E-state index in [-0.39, 0.29) is 5.75 Å². The van der Waals surface area contributed by atoms with Crippen molar-refractivity contribution in [1.82, 2.24) is 25.2 Å². The fraction of sp³-hybridized carbons (Fsp3) is 0.286. The number of halogens is 2. The van der Waals surface area contributed by atoms with Gasteiger partial charge in [0.25, 0.3) is 0 Å². The smallest absolute Gasteiger partial charge is 0.387 e. The van der Waals surface area contributed by atoms with Gasteiger partial charge in [-0.05, 0) is 37.6 Å². The van der Waals surface area contributed by atoms with Gasteiger partial charge in [-0.3, -0.25) is 4.57 Å². The number of hydrogen-bond acceptors (Lipinski definition) is 4. The topological polar surface area (TPSA) is 76.4 Å². The number of rotatable bonds is 8. The number of aryl methyl sites for hydroxylation is 1. The molecule has 0 spiro atoms. The highest BCUT2D eigenvalue weighted by Gasteiger charge is 2.10. The molecule has 1 aromatic carbocycles. The minimum Gasteiger partial charge on any atom is -0.434 e. The zero-order chi connectivity index (χ0) is 21.3. The van der Waals surface area contributed by atoms with E-state index in [9.17, 15) is 8.78 Å². The second-order valence-corrected chi connectivity index (χ2v) is 6.53.